The third-order valence-electron chi connectivity index (χ3n) is 2.88. The normalized spacial score (nSPS) is 12.0. The number of aromatic nitrogens is 4. The summed E-state index contributed by atoms with van der Waals surface area (Å²) in [5, 5.41) is 8.08. The molecule has 0 bridgehead atoms. The Morgan fingerprint density at radius 3 is 2.67 bits per heavy atom. The van der Waals surface area contributed by atoms with Crippen LogP contribution in [-0.4, -0.2) is 28.0 Å². The number of sulfonamides is 1. The van der Waals surface area contributed by atoms with Gasteiger partial charge in [-0.25, -0.2) is 8.42 Å². The van der Waals surface area contributed by atoms with Crippen molar-refractivity contribution in [1.82, 2.24) is 19.6 Å². The first kappa shape index (κ1) is 15.4. The van der Waals surface area contributed by atoms with Crippen LogP contribution in [0.1, 0.15) is 33.2 Å². The van der Waals surface area contributed by atoms with E-state index in [1.54, 1.807) is 10.9 Å². The van der Waals surface area contributed by atoms with Gasteiger partial charge in [-0.2, -0.15) is 10.2 Å². The number of rotatable bonds is 6. The first-order valence-electron chi connectivity index (χ1n) is 6.73. The zero-order chi connectivity index (χ0) is 15.6. The van der Waals surface area contributed by atoms with Crippen molar-refractivity contribution in [3.05, 3.63) is 18.6 Å². The largest absolute Gasteiger partial charge is 0.381 e. The molecule has 0 unspecified atom stereocenters. The van der Waals surface area contributed by atoms with E-state index >= 15 is 0 Å². The molecule has 0 saturated carbocycles. The van der Waals surface area contributed by atoms with Crippen molar-refractivity contribution in [2.75, 3.05) is 10.5 Å². The molecule has 3 N–H and O–H groups in total. The lowest BCUT2D eigenvalue weighted by Crippen LogP contribution is -2.13. The fraction of sp³-hybridized carbons (Fsp3) is 0.500. The number of nitrogens with two attached hydrogens (primary N) is 1. The van der Waals surface area contributed by atoms with Crippen molar-refractivity contribution in [1.29, 1.82) is 0 Å². The molecule has 2 aromatic heterocycles. The molecule has 8 nitrogen and oxygen atoms in total. The van der Waals surface area contributed by atoms with Gasteiger partial charge in [0.2, 0.25) is 0 Å². The molecule has 0 spiro atoms. The number of aryl methyl sites for hydroxylation is 1. The Labute approximate surface area is 124 Å². The molecule has 0 aliphatic heterocycles. The second-order valence-corrected chi connectivity index (χ2v) is 6.70. The standard InChI is InChI=1S/C12H20N6O2S/c1-4-5-17-8-11(12(13)15-17)21(19,20)16-10-6-14-18(7-10)9(2)3/h6-9,16H,4-5H2,1-3H3,(H2,13,15). The minimum Gasteiger partial charge on any atom is -0.381 e. The average molecular weight is 312 g/mol. The predicted molar refractivity (Wildman–Crippen MR) is 80.4 cm³/mol. The summed E-state index contributed by atoms with van der Waals surface area (Å²) in [7, 11) is -3.77. The fourth-order valence-electron chi connectivity index (χ4n) is 1.85. The molecule has 0 amide bonds. The van der Waals surface area contributed by atoms with Crippen molar-refractivity contribution in [3.63, 3.8) is 0 Å². The van der Waals surface area contributed by atoms with E-state index in [0.29, 0.717) is 12.2 Å². The van der Waals surface area contributed by atoms with Crippen LogP contribution in [0.5, 0.6) is 0 Å². The highest BCUT2D eigenvalue weighted by Gasteiger charge is 2.22. The van der Waals surface area contributed by atoms with Crippen LogP contribution in [0.2, 0.25) is 0 Å². The van der Waals surface area contributed by atoms with Crippen LogP contribution < -0.4 is 10.5 Å². The van der Waals surface area contributed by atoms with Crippen LogP contribution in [-0.2, 0) is 16.6 Å². The van der Waals surface area contributed by atoms with E-state index in [1.165, 1.54) is 17.1 Å². The summed E-state index contributed by atoms with van der Waals surface area (Å²) < 4.78 is 30.3. The van der Waals surface area contributed by atoms with Gasteiger partial charge < -0.3 is 5.73 Å². The Morgan fingerprint density at radius 1 is 1.38 bits per heavy atom. The Bertz CT molecular complexity index is 716. The van der Waals surface area contributed by atoms with Crippen LogP contribution in [0, 0.1) is 0 Å². The van der Waals surface area contributed by atoms with Gasteiger partial charge in [0, 0.05) is 25.0 Å². The van der Waals surface area contributed by atoms with Gasteiger partial charge in [-0.15, -0.1) is 0 Å². The molecule has 2 rings (SSSR count). The van der Waals surface area contributed by atoms with Crippen molar-refractivity contribution in [2.45, 2.75) is 44.7 Å². The van der Waals surface area contributed by atoms with Crippen LogP contribution >= 0.6 is 0 Å². The topological polar surface area (TPSA) is 108 Å². The van der Waals surface area contributed by atoms with Gasteiger partial charge >= 0.3 is 0 Å². The van der Waals surface area contributed by atoms with Crippen molar-refractivity contribution in [2.24, 2.45) is 0 Å². The van der Waals surface area contributed by atoms with Gasteiger partial charge in [-0.1, -0.05) is 6.92 Å². The van der Waals surface area contributed by atoms with E-state index in [1.807, 2.05) is 20.8 Å². The highest BCUT2D eigenvalue weighted by atomic mass is 32.2. The Kier molecular flexibility index (Phi) is 4.21. The Morgan fingerprint density at radius 2 is 2.10 bits per heavy atom. The van der Waals surface area contributed by atoms with Crippen LogP contribution in [0.3, 0.4) is 0 Å². The number of anilines is 2. The predicted octanol–water partition coefficient (Wildman–Crippen LogP) is 1.45. The van der Waals surface area contributed by atoms with E-state index < -0.39 is 10.0 Å². The SMILES string of the molecule is CCCn1cc(S(=O)(=O)Nc2cnn(C(C)C)c2)c(N)n1. The quantitative estimate of drug-likeness (QED) is 0.839. The number of nitrogen functional groups attached to an aromatic ring is 1. The number of nitrogens with one attached hydrogen (secondary N) is 1. The molecule has 0 atom stereocenters. The van der Waals surface area contributed by atoms with Crippen molar-refractivity contribution < 1.29 is 8.42 Å². The lowest BCUT2D eigenvalue weighted by molar-refractivity contribution is 0.532. The van der Waals surface area contributed by atoms with Crippen LogP contribution in [0.25, 0.3) is 0 Å². The highest BCUT2D eigenvalue weighted by Crippen LogP contribution is 2.21. The molecule has 21 heavy (non-hydrogen) atoms. The van der Waals surface area contributed by atoms with Gasteiger partial charge in [-0.3, -0.25) is 14.1 Å². The second-order valence-electron chi connectivity index (χ2n) is 5.05. The molecule has 0 aliphatic carbocycles. The zero-order valence-electron chi connectivity index (χ0n) is 12.3. The Balaban J connectivity index is 2.25. The minimum atomic E-state index is -3.77. The molecule has 116 valence electrons. The van der Waals surface area contributed by atoms with Crippen molar-refractivity contribution in [3.8, 4) is 0 Å². The summed E-state index contributed by atoms with van der Waals surface area (Å²) in [4.78, 5) is -0.0201. The van der Waals surface area contributed by atoms with Gasteiger partial charge in [0.1, 0.15) is 4.90 Å². The molecule has 0 radical (unpaired) electrons. The molecule has 0 aliphatic rings. The summed E-state index contributed by atoms with van der Waals surface area (Å²) in [6.07, 6.45) is 5.38. The lowest BCUT2D eigenvalue weighted by Gasteiger charge is -2.05. The van der Waals surface area contributed by atoms with Gasteiger partial charge in [0.25, 0.3) is 10.0 Å². The first-order valence-corrected chi connectivity index (χ1v) is 8.21. The first-order chi connectivity index (χ1) is 9.83. The van der Waals surface area contributed by atoms with E-state index in [2.05, 4.69) is 14.9 Å². The summed E-state index contributed by atoms with van der Waals surface area (Å²) in [5.41, 5.74) is 6.09. The summed E-state index contributed by atoms with van der Waals surface area (Å²) in [6, 6.07) is 0.153. The van der Waals surface area contributed by atoms with Gasteiger partial charge in [-0.05, 0) is 20.3 Å². The number of hydrogen-bond donors (Lipinski definition) is 2. The fourth-order valence-corrected chi connectivity index (χ4v) is 2.95. The highest BCUT2D eigenvalue weighted by molar-refractivity contribution is 7.92. The molecule has 0 saturated heterocycles. The maximum Gasteiger partial charge on any atom is 0.267 e. The molecule has 2 heterocycles. The third kappa shape index (κ3) is 3.35. The van der Waals surface area contributed by atoms with E-state index in [9.17, 15) is 8.42 Å². The maximum absolute atomic E-state index is 12.3. The van der Waals surface area contributed by atoms with Crippen LogP contribution in [0.4, 0.5) is 11.5 Å². The summed E-state index contributed by atoms with van der Waals surface area (Å²) >= 11 is 0. The molecule has 0 fully saturated rings. The average Bonchev–Trinajstić information content (AvgIpc) is 2.96. The van der Waals surface area contributed by atoms with Crippen LogP contribution in [0.15, 0.2) is 23.5 Å². The smallest absolute Gasteiger partial charge is 0.267 e. The molecule has 9 heteroatoms. The monoisotopic (exact) mass is 312 g/mol. The molecular weight excluding hydrogens is 292 g/mol. The van der Waals surface area contributed by atoms with E-state index in [-0.39, 0.29) is 16.8 Å². The van der Waals surface area contributed by atoms with E-state index in [4.69, 9.17) is 5.73 Å². The lowest BCUT2D eigenvalue weighted by atomic mass is 10.4. The Hall–Kier alpha value is -2.03. The third-order valence-corrected chi connectivity index (χ3v) is 4.28. The van der Waals surface area contributed by atoms with E-state index in [0.717, 1.165) is 6.42 Å². The zero-order valence-corrected chi connectivity index (χ0v) is 13.1. The maximum atomic E-state index is 12.3. The molecule has 2 aromatic rings. The second kappa shape index (κ2) is 5.76. The summed E-state index contributed by atoms with van der Waals surface area (Å²) in [5.74, 6) is -0.00722. The van der Waals surface area contributed by atoms with Gasteiger partial charge in [0.15, 0.2) is 5.82 Å². The minimum absolute atomic E-state index is 0.00722. The van der Waals surface area contributed by atoms with Gasteiger partial charge in [0.05, 0.1) is 11.9 Å². The number of nitrogens with zero attached hydrogens (tertiary/aromatic N) is 4. The number of hydrogen-bond acceptors (Lipinski definition) is 5. The molecular formula is C12H20N6O2S. The van der Waals surface area contributed by atoms with Crippen molar-refractivity contribution >= 4 is 21.5 Å². The summed E-state index contributed by atoms with van der Waals surface area (Å²) in [6.45, 7) is 6.51. The molecule has 0 aromatic carbocycles.